The quantitative estimate of drug-likeness (QED) is 0.577. The molecule has 7 heteroatoms. The Morgan fingerprint density at radius 2 is 2.35 bits per heavy atom. The standard InChI is InChI=1S/C10H11IN4OS/c11-6-1-2-8-7(5-6)14-10(17)15(8)4-3-13-9(12)16/h1-2,5H,3-4H2,(H,14,17)(H3,12,13,16). The molecular weight excluding hydrogens is 351 g/mol. The third-order valence-corrected chi connectivity index (χ3v) is 3.36. The Kier molecular flexibility index (Phi) is 3.67. The van der Waals surface area contributed by atoms with Crippen LogP contribution in [0.4, 0.5) is 4.79 Å². The number of H-pyrrole nitrogens is 1. The zero-order valence-electron chi connectivity index (χ0n) is 8.87. The smallest absolute Gasteiger partial charge is 0.312 e. The number of nitrogens with two attached hydrogens (primary N) is 1. The molecule has 1 aromatic carbocycles. The molecule has 0 aliphatic heterocycles. The summed E-state index contributed by atoms with van der Waals surface area (Å²) in [6, 6.07) is 5.53. The van der Waals surface area contributed by atoms with Crippen molar-refractivity contribution in [3.8, 4) is 0 Å². The van der Waals surface area contributed by atoms with Crippen LogP contribution in [0.2, 0.25) is 0 Å². The summed E-state index contributed by atoms with van der Waals surface area (Å²) in [4.78, 5) is 13.7. The molecule has 0 aliphatic rings. The van der Waals surface area contributed by atoms with Gasteiger partial charge < -0.3 is 20.6 Å². The highest BCUT2D eigenvalue weighted by atomic mass is 127. The topological polar surface area (TPSA) is 75.8 Å². The molecule has 2 aromatic rings. The van der Waals surface area contributed by atoms with Crippen molar-refractivity contribution in [3.63, 3.8) is 0 Å². The molecule has 0 spiro atoms. The number of aromatic nitrogens is 2. The fourth-order valence-electron chi connectivity index (χ4n) is 1.65. The van der Waals surface area contributed by atoms with E-state index in [2.05, 4.69) is 32.9 Å². The van der Waals surface area contributed by atoms with Gasteiger partial charge in [0.2, 0.25) is 0 Å². The maximum atomic E-state index is 10.6. The maximum absolute atomic E-state index is 10.6. The largest absolute Gasteiger partial charge is 0.352 e. The van der Waals surface area contributed by atoms with Crippen LogP contribution in [0.5, 0.6) is 0 Å². The lowest BCUT2D eigenvalue weighted by molar-refractivity contribution is 0.248. The van der Waals surface area contributed by atoms with Gasteiger partial charge in [0.15, 0.2) is 4.77 Å². The van der Waals surface area contributed by atoms with Crippen LogP contribution >= 0.6 is 34.8 Å². The second-order valence-corrected chi connectivity index (χ2v) is 5.17. The highest BCUT2D eigenvalue weighted by Crippen LogP contribution is 2.17. The van der Waals surface area contributed by atoms with Gasteiger partial charge in [-0.2, -0.15) is 0 Å². The molecule has 1 heterocycles. The van der Waals surface area contributed by atoms with E-state index in [0.29, 0.717) is 17.9 Å². The van der Waals surface area contributed by atoms with Crippen LogP contribution in [0.25, 0.3) is 11.0 Å². The van der Waals surface area contributed by atoms with Crippen molar-refractivity contribution in [2.24, 2.45) is 5.73 Å². The Balaban J connectivity index is 2.30. The second-order valence-electron chi connectivity index (χ2n) is 3.53. The van der Waals surface area contributed by atoms with Crippen LogP contribution in [0.3, 0.4) is 0 Å². The number of nitrogens with zero attached hydrogens (tertiary/aromatic N) is 1. The fraction of sp³-hybridized carbons (Fsp3) is 0.200. The van der Waals surface area contributed by atoms with E-state index < -0.39 is 6.03 Å². The van der Waals surface area contributed by atoms with Gasteiger partial charge in [-0.15, -0.1) is 0 Å². The Morgan fingerprint density at radius 3 is 3.06 bits per heavy atom. The molecular formula is C10H11IN4OS. The molecule has 0 unspecified atom stereocenters. The van der Waals surface area contributed by atoms with Crippen molar-refractivity contribution in [1.29, 1.82) is 0 Å². The van der Waals surface area contributed by atoms with Crippen molar-refractivity contribution < 1.29 is 4.79 Å². The molecule has 0 radical (unpaired) electrons. The minimum Gasteiger partial charge on any atom is -0.352 e. The summed E-state index contributed by atoms with van der Waals surface area (Å²) in [6.07, 6.45) is 0. The summed E-state index contributed by atoms with van der Waals surface area (Å²) in [5.41, 5.74) is 7.04. The van der Waals surface area contributed by atoms with Crippen molar-refractivity contribution in [1.82, 2.24) is 14.9 Å². The minimum atomic E-state index is -0.522. The van der Waals surface area contributed by atoms with Crippen molar-refractivity contribution in [3.05, 3.63) is 26.5 Å². The summed E-state index contributed by atoms with van der Waals surface area (Å²) < 4.78 is 3.73. The summed E-state index contributed by atoms with van der Waals surface area (Å²) >= 11 is 7.49. The number of halogens is 1. The molecule has 2 amide bonds. The number of carbonyl (C=O) groups excluding carboxylic acids is 1. The molecule has 1 aromatic heterocycles. The molecule has 0 bridgehead atoms. The Morgan fingerprint density at radius 1 is 1.59 bits per heavy atom. The number of benzene rings is 1. The Labute approximate surface area is 117 Å². The number of primary amides is 1. The van der Waals surface area contributed by atoms with Gasteiger partial charge in [-0.05, 0) is 53.0 Å². The zero-order chi connectivity index (χ0) is 12.4. The maximum Gasteiger partial charge on any atom is 0.312 e. The SMILES string of the molecule is NC(=O)NCCn1c(=S)[nH]c2cc(I)ccc21. The number of imidazole rings is 1. The van der Waals surface area contributed by atoms with Crippen molar-refractivity contribution in [2.45, 2.75) is 6.54 Å². The number of nitrogens with one attached hydrogen (secondary N) is 2. The van der Waals surface area contributed by atoms with Crippen molar-refractivity contribution in [2.75, 3.05) is 6.54 Å². The average Bonchev–Trinajstić information content (AvgIpc) is 2.54. The third kappa shape index (κ3) is 2.78. The second kappa shape index (κ2) is 5.05. The predicted octanol–water partition coefficient (Wildman–Crippen LogP) is 1.97. The van der Waals surface area contributed by atoms with Crippen LogP contribution in [0, 0.1) is 8.34 Å². The molecule has 0 saturated carbocycles. The first-order valence-electron chi connectivity index (χ1n) is 4.99. The van der Waals surface area contributed by atoms with Crippen molar-refractivity contribution >= 4 is 51.9 Å². The van der Waals surface area contributed by atoms with Crippen LogP contribution in [0.15, 0.2) is 18.2 Å². The first-order chi connectivity index (χ1) is 8.08. The number of rotatable bonds is 3. The lowest BCUT2D eigenvalue weighted by atomic mass is 10.3. The number of carbonyl (C=O) groups is 1. The Bertz CT molecular complexity index is 618. The third-order valence-electron chi connectivity index (χ3n) is 2.37. The van der Waals surface area contributed by atoms with E-state index in [0.717, 1.165) is 14.6 Å². The lowest BCUT2D eigenvalue weighted by Crippen LogP contribution is -2.32. The molecule has 0 aliphatic carbocycles. The van der Waals surface area contributed by atoms with Gasteiger partial charge >= 0.3 is 6.03 Å². The number of aromatic amines is 1. The van der Waals surface area contributed by atoms with Gasteiger partial charge in [0.1, 0.15) is 0 Å². The Hall–Kier alpha value is -1.09. The van der Waals surface area contributed by atoms with Crippen LogP contribution in [-0.4, -0.2) is 22.1 Å². The average molecular weight is 362 g/mol. The lowest BCUT2D eigenvalue weighted by Gasteiger charge is -2.04. The molecule has 5 nitrogen and oxygen atoms in total. The van der Waals surface area contributed by atoms with E-state index in [-0.39, 0.29) is 0 Å². The number of hydrogen-bond donors (Lipinski definition) is 3. The molecule has 0 fully saturated rings. The van der Waals surface area contributed by atoms with Gasteiger partial charge in [-0.3, -0.25) is 0 Å². The zero-order valence-corrected chi connectivity index (χ0v) is 11.8. The highest BCUT2D eigenvalue weighted by molar-refractivity contribution is 14.1. The molecule has 4 N–H and O–H groups in total. The van der Waals surface area contributed by atoms with E-state index in [9.17, 15) is 4.79 Å². The van der Waals surface area contributed by atoms with E-state index in [4.69, 9.17) is 18.0 Å². The number of urea groups is 1. The number of fused-ring (bicyclic) bond motifs is 1. The van der Waals surface area contributed by atoms with E-state index in [1.807, 2.05) is 22.8 Å². The van der Waals surface area contributed by atoms with E-state index in [1.165, 1.54) is 0 Å². The molecule has 17 heavy (non-hydrogen) atoms. The molecule has 0 saturated heterocycles. The van der Waals surface area contributed by atoms with Crippen LogP contribution in [-0.2, 0) is 6.54 Å². The van der Waals surface area contributed by atoms with Gasteiger partial charge in [0.05, 0.1) is 11.0 Å². The summed E-state index contributed by atoms with van der Waals surface area (Å²) in [5.74, 6) is 0. The van der Waals surface area contributed by atoms with Gasteiger partial charge in [0.25, 0.3) is 0 Å². The monoisotopic (exact) mass is 362 g/mol. The summed E-state index contributed by atoms with van der Waals surface area (Å²) in [6.45, 7) is 1.06. The highest BCUT2D eigenvalue weighted by Gasteiger charge is 2.04. The van der Waals surface area contributed by atoms with Crippen LogP contribution < -0.4 is 11.1 Å². The summed E-state index contributed by atoms with van der Waals surface area (Å²) in [7, 11) is 0. The van der Waals surface area contributed by atoms with Gasteiger partial charge in [-0.25, -0.2) is 4.79 Å². The molecule has 0 atom stereocenters. The minimum absolute atomic E-state index is 0.461. The van der Waals surface area contributed by atoms with E-state index >= 15 is 0 Å². The van der Waals surface area contributed by atoms with Gasteiger partial charge in [0, 0.05) is 16.7 Å². The van der Waals surface area contributed by atoms with Gasteiger partial charge in [-0.1, -0.05) is 0 Å². The summed E-state index contributed by atoms with van der Waals surface area (Å²) in [5, 5.41) is 2.54. The normalized spacial score (nSPS) is 10.6. The molecule has 90 valence electrons. The predicted molar refractivity (Wildman–Crippen MR) is 77.4 cm³/mol. The van der Waals surface area contributed by atoms with E-state index in [1.54, 1.807) is 0 Å². The van der Waals surface area contributed by atoms with Crippen LogP contribution in [0.1, 0.15) is 0 Å². The number of amides is 2. The number of hydrogen-bond acceptors (Lipinski definition) is 2. The fourth-order valence-corrected chi connectivity index (χ4v) is 2.44. The molecule has 2 rings (SSSR count). The first-order valence-corrected chi connectivity index (χ1v) is 6.48. The first kappa shape index (κ1) is 12.4.